The Bertz CT molecular complexity index is 2360. The highest BCUT2D eigenvalue weighted by molar-refractivity contribution is 6.17. The Morgan fingerprint density at radius 1 is 0.353 bits per heavy atom. The Morgan fingerprint density at radius 2 is 0.569 bits per heavy atom. The summed E-state index contributed by atoms with van der Waals surface area (Å²) >= 11 is 0. The van der Waals surface area contributed by atoms with E-state index in [-0.39, 0.29) is 50.2 Å². The van der Waals surface area contributed by atoms with E-state index in [1.54, 1.807) is 0 Å². The van der Waals surface area contributed by atoms with Crippen molar-refractivity contribution in [3.63, 3.8) is 0 Å². The van der Waals surface area contributed by atoms with Crippen LogP contribution in [0.25, 0.3) is 50.2 Å². The topological polar surface area (TPSA) is 351 Å². The monoisotopic (exact) mass is 699 g/mol. The first kappa shape index (κ1) is 31.1. The molecule has 0 aliphatic carbocycles. The van der Waals surface area contributed by atoms with E-state index in [9.17, 15) is 60.7 Å². The molecule has 7 aromatic rings. The number of non-ortho nitro benzene ring substituents is 3. The van der Waals surface area contributed by atoms with Gasteiger partial charge in [0.15, 0.2) is 17.1 Å². The lowest BCUT2D eigenvalue weighted by atomic mass is 10.2. The number of nitro benzene ring substituents is 6. The molecule has 0 aliphatic heterocycles. The van der Waals surface area contributed by atoms with E-state index in [1.165, 1.54) is 0 Å². The summed E-state index contributed by atoms with van der Waals surface area (Å²) in [6.45, 7) is 0. The molecule has 0 fully saturated rings. The van der Waals surface area contributed by atoms with E-state index in [1.807, 2.05) is 0 Å². The lowest BCUT2D eigenvalue weighted by Crippen LogP contribution is -2.04. The van der Waals surface area contributed by atoms with Crippen molar-refractivity contribution in [2.75, 3.05) is 0 Å². The van der Waals surface area contributed by atoms with Crippen molar-refractivity contribution in [2.45, 2.75) is 0 Å². The smallest absolute Gasteiger partial charge is 0.258 e. The fourth-order valence-electron chi connectivity index (χ4n) is 5.02. The molecule has 0 bridgehead atoms. The van der Waals surface area contributed by atoms with Crippen molar-refractivity contribution < 1.29 is 29.5 Å². The minimum Gasteiger partial charge on any atom is -0.258 e. The molecule has 27 nitrogen and oxygen atoms in total. The predicted octanol–water partition coefficient (Wildman–Crippen LogP) is 3.34. The molecule has 27 heteroatoms. The normalized spacial score (nSPS) is 11.3. The fourth-order valence-corrected chi connectivity index (χ4v) is 5.02. The Balaban J connectivity index is 1.55. The first-order valence-corrected chi connectivity index (χ1v) is 13.5. The number of rotatable bonds is 9. The zero-order valence-electron chi connectivity index (χ0n) is 24.3. The van der Waals surface area contributed by atoms with Gasteiger partial charge in [-0.2, -0.15) is 0 Å². The number of nitro groups is 6. The molecule has 0 aliphatic rings. The third-order valence-electron chi connectivity index (χ3n) is 7.26. The lowest BCUT2D eigenvalue weighted by molar-refractivity contribution is -0.394. The van der Waals surface area contributed by atoms with Crippen LogP contribution in [-0.4, -0.2) is 74.5 Å². The van der Waals surface area contributed by atoms with Gasteiger partial charge in [-0.15, -0.1) is 45.0 Å². The summed E-state index contributed by atoms with van der Waals surface area (Å²) in [4.78, 5) is 66.4. The fraction of sp³-hybridized carbons (Fsp3) is 0. The van der Waals surface area contributed by atoms with Crippen molar-refractivity contribution in [1.29, 1.82) is 0 Å². The molecule has 0 saturated carbocycles. The number of hydrogen-bond donors (Lipinski definition) is 0. The highest BCUT2D eigenvalue weighted by atomic mass is 16.6. The summed E-state index contributed by atoms with van der Waals surface area (Å²) in [6.07, 6.45) is 0. The Hall–Kier alpha value is -8.52. The van der Waals surface area contributed by atoms with Crippen LogP contribution in [-0.2, 0) is 0 Å². The maximum absolute atomic E-state index is 11.9. The van der Waals surface area contributed by atoms with E-state index in [0.717, 1.165) is 50.8 Å². The quantitative estimate of drug-likeness (QED) is 0.154. The number of aromatic nitrogens is 9. The highest BCUT2D eigenvalue weighted by Gasteiger charge is 2.30. The SMILES string of the molecule is O=[N+]([O-])c1ccc(-n2nc3c4nn(-c5ccc([N+](=O)[O-])cc5[N+](=O)[O-])nc4c4nn(-c5ccc([N+](=O)[O-])cc5[N+](=O)[O-])nc4c3n2)c([N+](=O)[O-])c1. The molecule has 0 unspecified atom stereocenters. The summed E-state index contributed by atoms with van der Waals surface area (Å²) < 4.78 is 0. The molecule has 4 aromatic carbocycles. The summed E-state index contributed by atoms with van der Waals surface area (Å²) in [5.41, 5.74) is -6.51. The maximum Gasteiger partial charge on any atom is 0.303 e. The van der Waals surface area contributed by atoms with E-state index >= 15 is 0 Å². The molecule has 7 rings (SSSR count). The van der Waals surface area contributed by atoms with Crippen LogP contribution in [0.3, 0.4) is 0 Å². The van der Waals surface area contributed by atoms with Crippen molar-refractivity contribution in [3.8, 4) is 17.1 Å². The number of nitrogens with zero attached hydrogens (tertiary/aromatic N) is 15. The van der Waals surface area contributed by atoms with Crippen LogP contribution in [0.1, 0.15) is 0 Å². The third-order valence-corrected chi connectivity index (χ3v) is 7.26. The second kappa shape index (κ2) is 11.0. The molecular formula is C24H9N15O12. The molecule has 3 aromatic heterocycles. The second-order valence-electron chi connectivity index (χ2n) is 10.1. The van der Waals surface area contributed by atoms with Crippen molar-refractivity contribution >= 4 is 67.2 Å². The first-order chi connectivity index (χ1) is 24.2. The van der Waals surface area contributed by atoms with E-state index in [2.05, 4.69) is 30.6 Å². The molecule has 0 saturated heterocycles. The van der Waals surface area contributed by atoms with Crippen LogP contribution in [0.2, 0.25) is 0 Å². The Labute approximate surface area is 274 Å². The molecule has 252 valence electrons. The van der Waals surface area contributed by atoms with E-state index in [0.29, 0.717) is 18.2 Å². The third kappa shape index (κ3) is 4.93. The van der Waals surface area contributed by atoms with Gasteiger partial charge < -0.3 is 0 Å². The van der Waals surface area contributed by atoms with Gasteiger partial charge in [0.1, 0.15) is 33.1 Å². The molecule has 0 radical (unpaired) electrons. The van der Waals surface area contributed by atoms with Crippen LogP contribution in [0.5, 0.6) is 0 Å². The molecule has 51 heavy (non-hydrogen) atoms. The van der Waals surface area contributed by atoms with Gasteiger partial charge in [-0.05, 0) is 18.2 Å². The van der Waals surface area contributed by atoms with E-state index in [4.69, 9.17) is 0 Å². The van der Waals surface area contributed by atoms with Gasteiger partial charge in [-0.25, -0.2) is 0 Å². The van der Waals surface area contributed by atoms with Crippen LogP contribution in [0, 0.1) is 60.7 Å². The zero-order chi connectivity index (χ0) is 36.5. The average Bonchev–Trinajstić information content (AvgIpc) is 3.84. The van der Waals surface area contributed by atoms with Gasteiger partial charge in [0.25, 0.3) is 17.1 Å². The molecule has 0 amide bonds. The number of benzene rings is 4. The van der Waals surface area contributed by atoms with Crippen LogP contribution >= 0.6 is 0 Å². The zero-order valence-corrected chi connectivity index (χ0v) is 24.3. The van der Waals surface area contributed by atoms with Gasteiger partial charge in [-0.3, -0.25) is 60.7 Å². The first-order valence-electron chi connectivity index (χ1n) is 13.5. The summed E-state index contributed by atoms with van der Waals surface area (Å²) in [5, 5.41) is 95.2. The molecular weight excluding hydrogens is 690 g/mol. The second-order valence-corrected chi connectivity index (χ2v) is 10.1. The minimum absolute atomic E-state index is 0.203. The van der Waals surface area contributed by atoms with Gasteiger partial charge in [0, 0.05) is 18.2 Å². The standard InChI is InChI=1S/C24H9N15O12/c40-34(41)10-1-4-13(16(7-10)37(46)47)31-25-19-20(26-31)22-24(30-33(28-22)15-6-3-12(36(44)45)9-18(15)39(50)51)23-21(19)27-32(29-23)14-5-2-11(35(42)43)8-17(14)38(48)49/h1-9H. The van der Waals surface area contributed by atoms with Crippen molar-refractivity contribution in [1.82, 2.24) is 45.0 Å². The Kier molecular flexibility index (Phi) is 6.73. The van der Waals surface area contributed by atoms with Crippen LogP contribution in [0.15, 0.2) is 54.6 Å². The largest absolute Gasteiger partial charge is 0.303 e. The maximum atomic E-state index is 11.9. The number of hydrogen-bond acceptors (Lipinski definition) is 18. The van der Waals surface area contributed by atoms with Gasteiger partial charge in [-0.1, -0.05) is 0 Å². The molecule has 0 spiro atoms. The molecule has 3 heterocycles. The average molecular weight is 699 g/mol. The van der Waals surface area contributed by atoms with Gasteiger partial charge in [0.2, 0.25) is 0 Å². The lowest BCUT2D eigenvalue weighted by Gasteiger charge is -2.01. The molecule has 0 N–H and O–H groups in total. The van der Waals surface area contributed by atoms with Crippen LogP contribution in [0.4, 0.5) is 34.1 Å². The summed E-state index contributed by atoms with van der Waals surface area (Å²) in [7, 11) is 0. The Morgan fingerprint density at radius 3 is 0.745 bits per heavy atom. The predicted molar refractivity (Wildman–Crippen MR) is 164 cm³/mol. The van der Waals surface area contributed by atoms with Gasteiger partial charge in [0.05, 0.1) is 47.7 Å². The van der Waals surface area contributed by atoms with Crippen molar-refractivity contribution in [2.24, 2.45) is 0 Å². The van der Waals surface area contributed by atoms with Crippen LogP contribution < -0.4 is 0 Å². The molecule has 0 atom stereocenters. The number of fused-ring (bicyclic) bond motifs is 6. The minimum atomic E-state index is -0.921. The summed E-state index contributed by atoms with van der Waals surface area (Å²) in [6, 6.07) is 7.86. The van der Waals surface area contributed by atoms with Crippen molar-refractivity contribution in [3.05, 3.63) is 115 Å². The summed E-state index contributed by atoms with van der Waals surface area (Å²) in [5.74, 6) is 0. The highest BCUT2D eigenvalue weighted by Crippen LogP contribution is 2.35. The van der Waals surface area contributed by atoms with Gasteiger partial charge >= 0.3 is 17.1 Å². The van der Waals surface area contributed by atoms with E-state index < -0.39 is 63.7 Å².